The Labute approximate surface area is 248 Å². The van der Waals surface area contributed by atoms with E-state index in [0.717, 1.165) is 18.3 Å². The van der Waals surface area contributed by atoms with Gasteiger partial charge in [0.2, 0.25) is 11.4 Å². The first-order valence-corrected chi connectivity index (χ1v) is 13.8. The van der Waals surface area contributed by atoms with Crippen LogP contribution in [0.1, 0.15) is 29.2 Å². The van der Waals surface area contributed by atoms with E-state index in [1.54, 1.807) is 0 Å². The summed E-state index contributed by atoms with van der Waals surface area (Å²) < 4.78 is 0. The molecule has 0 heterocycles. The van der Waals surface area contributed by atoms with Crippen molar-refractivity contribution in [3.63, 3.8) is 0 Å². The standard InChI is InChI=1S/C33H31N3.C3H6O3/c1-35(2)27-18-14-24(15-19-27)33(25-16-20-28(21-17-25)36(3)4)31-22-23-32(30-13-9-8-12-29(30)31)34-26-10-6-5-7-11-26;1-2(4)3(5)6/h5-23H,1-4H3;2,4H,1H3,(H,5,6). The van der Waals surface area contributed by atoms with Gasteiger partial charge >= 0.3 is 0 Å². The van der Waals surface area contributed by atoms with Crippen LogP contribution in [0.3, 0.4) is 0 Å². The van der Waals surface area contributed by atoms with Crippen LogP contribution in [0.5, 0.6) is 0 Å². The van der Waals surface area contributed by atoms with Gasteiger partial charge in [-0.05, 0) is 71.2 Å². The summed E-state index contributed by atoms with van der Waals surface area (Å²) in [5.41, 5.74) is 11.8. The van der Waals surface area contributed by atoms with Gasteiger partial charge in [-0.2, -0.15) is 0 Å². The topological polar surface area (TPSA) is 80.8 Å². The lowest BCUT2D eigenvalue weighted by atomic mass is 9.83. The molecule has 0 amide bonds. The van der Waals surface area contributed by atoms with E-state index in [1.165, 1.54) is 44.8 Å². The van der Waals surface area contributed by atoms with Gasteiger partial charge in [0.05, 0.1) is 17.6 Å². The Morgan fingerprint density at radius 2 is 1.14 bits per heavy atom. The van der Waals surface area contributed by atoms with E-state index in [9.17, 15) is 9.90 Å². The molecule has 0 aliphatic heterocycles. The van der Waals surface area contributed by atoms with E-state index in [4.69, 9.17) is 5.11 Å². The molecule has 1 aliphatic carbocycles. The van der Waals surface area contributed by atoms with Crippen molar-refractivity contribution in [3.05, 3.63) is 138 Å². The first-order valence-electron chi connectivity index (χ1n) is 13.8. The van der Waals surface area contributed by atoms with Crippen LogP contribution in [0.15, 0.2) is 115 Å². The number of aliphatic hydroxyl groups is 1. The number of hydrogen-bond donors (Lipinski definition) is 2. The third-order valence-corrected chi connectivity index (χ3v) is 6.93. The van der Waals surface area contributed by atoms with Crippen LogP contribution in [-0.4, -0.2) is 51.1 Å². The van der Waals surface area contributed by atoms with Gasteiger partial charge in [0, 0.05) is 57.8 Å². The molecular formula is C36H37N3O3. The second-order valence-electron chi connectivity index (χ2n) is 10.4. The molecule has 0 fully saturated rings. The number of anilines is 2. The first kappa shape index (κ1) is 30.0. The number of aliphatic hydroxyl groups excluding tert-OH is 1. The van der Waals surface area contributed by atoms with Crippen molar-refractivity contribution in [3.8, 4) is 0 Å². The number of nitrogens with zero attached hydrogens (tertiary/aromatic N) is 2. The summed E-state index contributed by atoms with van der Waals surface area (Å²) in [5, 5.41) is 17.3. The van der Waals surface area contributed by atoms with Crippen molar-refractivity contribution >= 4 is 39.9 Å². The molecule has 5 rings (SSSR count). The monoisotopic (exact) mass is 559 g/mol. The molecule has 0 aromatic heterocycles. The Kier molecular flexibility index (Phi) is 9.73. The minimum atomic E-state index is -1.44. The van der Waals surface area contributed by atoms with Crippen molar-refractivity contribution in [2.75, 3.05) is 38.0 Å². The lowest BCUT2D eigenvalue weighted by molar-refractivity contribution is -0.351. The number of para-hydroxylation sites is 1. The van der Waals surface area contributed by atoms with Crippen LogP contribution < -0.4 is 19.9 Å². The van der Waals surface area contributed by atoms with Gasteiger partial charge in [0.25, 0.3) is 0 Å². The number of hydrogen-bond acceptors (Lipinski definition) is 5. The normalized spacial score (nSPS) is 13.5. The predicted octanol–water partition coefficient (Wildman–Crippen LogP) is 3.67. The number of benzene rings is 4. The van der Waals surface area contributed by atoms with Crippen molar-refractivity contribution in [2.45, 2.75) is 13.0 Å². The SMILES string of the molecule is CC(O)C(=O)[O-].CN(C)c1ccc(C(=C2C=CC(=[NH+]c3ccccc3)c3ccccc32)c2ccc(N(C)C)cc2)cc1. The first-order chi connectivity index (χ1) is 20.2. The molecule has 0 spiro atoms. The van der Waals surface area contributed by atoms with Gasteiger partial charge in [-0.1, -0.05) is 60.7 Å². The zero-order valence-electron chi connectivity index (χ0n) is 24.7. The minimum Gasteiger partial charge on any atom is -0.547 e. The number of rotatable bonds is 6. The number of nitrogens with one attached hydrogen (secondary N) is 1. The molecule has 2 N–H and O–H groups in total. The van der Waals surface area contributed by atoms with E-state index in [0.29, 0.717) is 0 Å². The summed E-state index contributed by atoms with van der Waals surface area (Å²) in [6.45, 7) is 1.13. The van der Waals surface area contributed by atoms with Crippen LogP contribution in [0, 0.1) is 0 Å². The molecule has 0 radical (unpaired) electrons. The zero-order chi connectivity index (χ0) is 30.2. The molecule has 6 heteroatoms. The highest BCUT2D eigenvalue weighted by Gasteiger charge is 2.23. The van der Waals surface area contributed by atoms with Gasteiger partial charge < -0.3 is 24.8 Å². The van der Waals surface area contributed by atoms with Crippen molar-refractivity contribution in [1.82, 2.24) is 0 Å². The third kappa shape index (κ3) is 7.22. The number of carbonyl (C=O) groups excluding carboxylic acids is 1. The predicted molar refractivity (Wildman–Crippen MR) is 171 cm³/mol. The quantitative estimate of drug-likeness (QED) is 0.377. The maximum atomic E-state index is 9.34. The number of aliphatic carboxylic acids is 1. The molecule has 1 unspecified atom stereocenters. The Morgan fingerprint density at radius 1 is 0.690 bits per heavy atom. The van der Waals surface area contributed by atoms with Crippen molar-refractivity contribution in [2.24, 2.45) is 0 Å². The molecule has 4 aromatic carbocycles. The average Bonchev–Trinajstić information content (AvgIpc) is 2.99. The molecule has 1 atom stereocenters. The number of carbonyl (C=O) groups is 1. The summed E-state index contributed by atoms with van der Waals surface area (Å²) >= 11 is 0. The average molecular weight is 560 g/mol. The fourth-order valence-electron chi connectivity index (χ4n) is 4.63. The summed E-state index contributed by atoms with van der Waals surface area (Å²) in [7, 11) is 8.30. The molecule has 0 saturated heterocycles. The molecule has 214 valence electrons. The number of allylic oxidation sites excluding steroid dienone is 3. The van der Waals surface area contributed by atoms with Crippen LogP contribution in [0.4, 0.5) is 17.1 Å². The largest absolute Gasteiger partial charge is 0.547 e. The Balaban J connectivity index is 0.000000612. The van der Waals surface area contributed by atoms with Gasteiger partial charge in [0.15, 0.2) is 0 Å². The third-order valence-electron chi connectivity index (χ3n) is 6.93. The molecular weight excluding hydrogens is 522 g/mol. The Hall–Kier alpha value is -4.94. The molecule has 1 aliphatic rings. The van der Waals surface area contributed by atoms with Crippen molar-refractivity contribution < 1.29 is 20.0 Å². The van der Waals surface area contributed by atoms with Crippen LogP contribution in [0.25, 0.3) is 11.1 Å². The van der Waals surface area contributed by atoms with Crippen molar-refractivity contribution in [1.29, 1.82) is 0 Å². The molecule has 42 heavy (non-hydrogen) atoms. The summed E-state index contributed by atoms with van der Waals surface area (Å²) in [5.74, 6) is -1.44. The van der Waals surface area contributed by atoms with E-state index < -0.39 is 12.1 Å². The molecule has 0 bridgehead atoms. The molecule has 6 nitrogen and oxygen atoms in total. The molecule has 0 saturated carbocycles. The summed E-state index contributed by atoms with van der Waals surface area (Å²) in [6, 6.07) is 36.7. The molecule has 4 aromatic rings. The number of carboxylic acid groups (broad SMARTS) is 1. The van der Waals surface area contributed by atoms with Gasteiger partial charge in [-0.15, -0.1) is 0 Å². The summed E-state index contributed by atoms with van der Waals surface area (Å²) in [6.07, 6.45) is 3.11. The van der Waals surface area contributed by atoms with E-state index in [2.05, 4.69) is 152 Å². The minimum absolute atomic E-state index is 1.08. The van der Waals surface area contributed by atoms with Crippen LogP contribution >= 0.6 is 0 Å². The summed E-state index contributed by atoms with van der Waals surface area (Å²) in [4.78, 5) is 17.2. The highest BCUT2D eigenvalue weighted by Crippen LogP contribution is 2.37. The van der Waals surface area contributed by atoms with Gasteiger partial charge in [-0.3, -0.25) is 0 Å². The lowest BCUT2D eigenvalue weighted by Crippen LogP contribution is -2.66. The van der Waals surface area contributed by atoms with E-state index in [-0.39, 0.29) is 0 Å². The Bertz CT molecular complexity index is 1550. The van der Waals surface area contributed by atoms with Gasteiger partial charge in [0.1, 0.15) is 0 Å². The second kappa shape index (κ2) is 13.6. The Morgan fingerprint density at radius 3 is 1.60 bits per heavy atom. The number of carboxylic acids is 1. The smallest absolute Gasteiger partial charge is 0.211 e. The maximum absolute atomic E-state index is 9.34. The van der Waals surface area contributed by atoms with Gasteiger partial charge in [-0.25, -0.2) is 4.99 Å². The fourth-order valence-corrected chi connectivity index (χ4v) is 4.63. The number of fused-ring (bicyclic) bond motifs is 1. The highest BCUT2D eigenvalue weighted by molar-refractivity contribution is 6.17. The fraction of sp³-hybridized carbons (Fsp3) is 0.167. The van der Waals surface area contributed by atoms with Crippen LogP contribution in [-0.2, 0) is 4.79 Å². The highest BCUT2D eigenvalue weighted by atomic mass is 16.4. The van der Waals surface area contributed by atoms with E-state index in [1.807, 2.05) is 6.07 Å². The second-order valence-corrected chi connectivity index (χ2v) is 10.4. The lowest BCUT2D eigenvalue weighted by Gasteiger charge is -2.21. The van der Waals surface area contributed by atoms with Crippen LogP contribution in [0.2, 0.25) is 0 Å². The maximum Gasteiger partial charge on any atom is 0.211 e. The zero-order valence-corrected chi connectivity index (χ0v) is 24.7. The van der Waals surface area contributed by atoms with E-state index >= 15 is 0 Å².